The molecule has 6 nitrogen and oxygen atoms in total. The number of benzene rings is 2. The zero-order valence-corrected chi connectivity index (χ0v) is 19.2. The summed E-state index contributed by atoms with van der Waals surface area (Å²) >= 11 is 3.07. The summed E-state index contributed by atoms with van der Waals surface area (Å²) in [6.45, 7) is 4.18. The van der Waals surface area contributed by atoms with Gasteiger partial charge in [-0.2, -0.15) is 0 Å². The quantitative estimate of drug-likeness (QED) is 0.489. The molecule has 1 saturated heterocycles. The van der Waals surface area contributed by atoms with Crippen LogP contribution in [0.1, 0.15) is 31.7 Å². The highest BCUT2D eigenvalue weighted by Crippen LogP contribution is 2.31. The Bertz CT molecular complexity index is 1080. The van der Waals surface area contributed by atoms with Gasteiger partial charge in [-0.15, -0.1) is 23.1 Å². The largest absolute Gasteiger partial charge is 0.332 e. The van der Waals surface area contributed by atoms with E-state index in [1.165, 1.54) is 22.0 Å². The molecule has 0 bridgehead atoms. The predicted molar refractivity (Wildman–Crippen MR) is 129 cm³/mol. The Morgan fingerprint density at radius 2 is 2.06 bits per heavy atom. The van der Waals surface area contributed by atoms with E-state index in [0.717, 1.165) is 34.6 Å². The lowest BCUT2D eigenvalue weighted by Gasteiger charge is -2.30. The maximum absolute atomic E-state index is 12.4. The first-order chi connectivity index (χ1) is 15.0. The summed E-state index contributed by atoms with van der Waals surface area (Å²) in [7, 11) is 0. The maximum Gasteiger partial charge on any atom is 0.234 e. The topological polar surface area (TPSA) is 83.1 Å². The van der Waals surface area contributed by atoms with Crippen molar-refractivity contribution in [2.24, 2.45) is 0 Å². The van der Waals surface area contributed by atoms with Crippen molar-refractivity contribution in [3.63, 3.8) is 0 Å². The van der Waals surface area contributed by atoms with Gasteiger partial charge >= 0.3 is 0 Å². The number of aromatic nitrogens is 1. The molecule has 0 aliphatic carbocycles. The third-order valence-electron chi connectivity index (χ3n) is 5.09. The number of carbonyl (C=O) groups is 2. The molecule has 0 spiro atoms. The summed E-state index contributed by atoms with van der Waals surface area (Å²) in [5.41, 5.74) is 3.78. The lowest BCUT2D eigenvalue weighted by Crippen LogP contribution is -2.54. The molecule has 1 aliphatic rings. The molecular formula is C23H26N4O2S2. The van der Waals surface area contributed by atoms with Crippen LogP contribution < -0.4 is 16.0 Å². The predicted octanol–water partition coefficient (Wildman–Crippen LogP) is 4.51. The Labute approximate surface area is 190 Å². The molecule has 2 amide bonds. The Hall–Kier alpha value is -2.42. The number of aryl methyl sites for hydroxylation is 1. The second-order valence-electron chi connectivity index (χ2n) is 7.73. The SMILES string of the molecule is CCCC1CC(=O)NC(SCC(=O)Nc2ccc(-c3nc4ccc(C)cc4s3)cc2)N1. The highest BCUT2D eigenvalue weighted by molar-refractivity contribution is 8.00. The maximum atomic E-state index is 12.4. The molecule has 4 rings (SSSR count). The van der Waals surface area contributed by atoms with Crippen LogP contribution in [-0.4, -0.2) is 34.1 Å². The molecule has 3 aromatic rings. The van der Waals surface area contributed by atoms with Crippen LogP contribution in [0.25, 0.3) is 20.8 Å². The number of nitrogens with zero attached hydrogens (tertiary/aromatic N) is 1. The van der Waals surface area contributed by atoms with E-state index >= 15 is 0 Å². The molecule has 0 saturated carbocycles. The molecule has 2 atom stereocenters. The Morgan fingerprint density at radius 1 is 1.26 bits per heavy atom. The van der Waals surface area contributed by atoms with Crippen LogP contribution in [0.15, 0.2) is 42.5 Å². The molecule has 162 valence electrons. The number of thioether (sulfide) groups is 1. The molecule has 1 aromatic heterocycles. The van der Waals surface area contributed by atoms with E-state index in [4.69, 9.17) is 4.98 Å². The van der Waals surface area contributed by atoms with E-state index in [-0.39, 0.29) is 29.1 Å². The fourth-order valence-electron chi connectivity index (χ4n) is 3.57. The van der Waals surface area contributed by atoms with E-state index < -0.39 is 0 Å². The minimum absolute atomic E-state index is 0.0377. The van der Waals surface area contributed by atoms with Crippen LogP contribution in [0, 0.1) is 6.92 Å². The van der Waals surface area contributed by atoms with Gasteiger partial charge in [0.05, 0.1) is 16.0 Å². The van der Waals surface area contributed by atoms with E-state index in [9.17, 15) is 9.59 Å². The number of carbonyl (C=O) groups excluding carboxylic acids is 2. The number of thiazole rings is 1. The van der Waals surface area contributed by atoms with Crippen LogP contribution in [0.5, 0.6) is 0 Å². The van der Waals surface area contributed by atoms with Gasteiger partial charge in [-0.05, 0) is 55.3 Å². The van der Waals surface area contributed by atoms with Crippen LogP contribution >= 0.6 is 23.1 Å². The second-order valence-corrected chi connectivity index (χ2v) is 9.85. The van der Waals surface area contributed by atoms with Crippen molar-refractivity contribution in [3.05, 3.63) is 48.0 Å². The fourth-order valence-corrected chi connectivity index (χ4v) is 5.54. The van der Waals surface area contributed by atoms with Crippen molar-refractivity contribution in [1.82, 2.24) is 15.6 Å². The monoisotopic (exact) mass is 454 g/mol. The minimum Gasteiger partial charge on any atom is -0.332 e. The van der Waals surface area contributed by atoms with Gasteiger partial charge in [0.15, 0.2) is 0 Å². The van der Waals surface area contributed by atoms with Crippen molar-refractivity contribution in [2.75, 3.05) is 11.1 Å². The van der Waals surface area contributed by atoms with Gasteiger partial charge in [0.25, 0.3) is 0 Å². The van der Waals surface area contributed by atoms with E-state index in [0.29, 0.717) is 6.42 Å². The molecule has 2 heterocycles. The van der Waals surface area contributed by atoms with Crippen LogP contribution in [0.2, 0.25) is 0 Å². The molecule has 2 aromatic carbocycles. The molecular weight excluding hydrogens is 428 g/mol. The summed E-state index contributed by atoms with van der Waals surface area (Å²) < 4.78 is 1.17. The number of rotatable bonds is 7. The number of fused-ring (bicyclic) bond motifs is 1. The highest BCUT2D eigenvalue weighted by Gasteiger charge is 2.25. The minimum atomic E-state index is -0.228. The molecule has 1 fully saturated rings. The van der Waals surface area contributed by atoms with E-state index in [1.807, 2.05) is 30.3 Å². The first-order valence-electron chi connectivity index (χ1n) is 10.4. The fraction of sp³-hybridized carbons (Fsp3) is 0.348. The normalized spacial score (nSPS) is 18.7. The van der Waals surface area contributed by atoms with Gasteiger partial charge < -0.3 is 10.6 Å². The number of anilines is 1. The van der Waals surface area contributed by atoms with E-state index in [1.54, 1.807) is 11.3 Å². The zero-order chi connectivity index (χ0) is 21.8. The van der Waals surface area contributed by atoms with Gasteiger partial charge in [0.1, 0.15) is 10.5 Å². The summed E-state index contributed by atoms with van der Waals surface area (Å²) in [5, 5.41) is 10.2. The van der Waals surface area contributed by atoms with Gasteiger partial charge in [0.2, 0.25) is 11.8 Å². The van der Waals surface area contributed by atoms with Crippen molar-refractivity contribution in [3.8, 4) is 10.6 Å². The van der Waals surface area contributed by atoms with Gasteiger partial charge in [0, 0.05) is 23.7 Å². The van der Waals surface area contributed by atoms with Gasteiger partial charge in [-0.1, -0.05) is 19.4 Å². The highest BCUT2D eigenvalue weighted by atomic mass is 32.2. The molecule has 8 heteroatoms. The first-order valence-corrected chi connectivity index (χ1v) is 12.3. The van der Waals surface area contributed by atoms with Gasteiger partial charge in [-0.3, -0.25) is 14.9 Å². The third kappa shape index (κ3) is 5.64. The Kier molecular flexibility index (Phi) is 6.89. The molecule has 1 aliphatic heterocycles. The smallest absolute Gasteiger partial charge is 0.234 e. The van der Waals surface area contributed by atoms with Crippen LogP contribution in [0.4, 0.5) is 5.69 Å². The van der Waals surface area contributed by atoms with Crippen LogP contribution in [-0.2, 0) is 9.59 Å². The molecule has 3 N–H and O–H groups in total. The molecule has 31 heavy (non-hydrogen) atoms. The van der Waals surface area contributed by atoms with Crippen molar-refractivity contribution in [2.45, 2.75) is 44.6 Å². The molecule has 2 unspecified atom stereocenters. The number of hydrogen-bond donors (Lipinski definition) is 3. The van der Waals surface area contributed by atoms with Crippen molar-refractivity contribution < 1.29 is 9.59 Å². The average Bonchev–Trinajstić information content (AvgIpc) is 3.16. The van der Waals surface area contributed by atoms with Gasteiger partial charge in [-0.25, -0.2) is 4.98 Å². The third-order valence-corrected chi connectivity index (χ3v) is 7.17. The first kappa shape index (κ1) is 21.8. The summed E-state index contributed by atoms with van der Waals surface area (Å²) in [6, 6.07) is 14.2. The summed E-state index contributed by atoms with van der Waals surface area (Å²) in [4.78, 5) is 28.9. The Morgan fingerprint density at radius 3 is 2.84 bits per heavy atom. The van der Waals surface area contributed by atoms with E-state index in [2.05, 4.69) is 41.9 Å². The molecule has 0 radical (unpaired) electrons. The van der Waals surface area contributed by atoms with Crippen LogP contribution in [0.3, 0.4) is 0 Å². The number of hydrogen-bond acceptors (Lipinski definition) is 6. The zero-order valence-electron chi connectivity index (χ0n) is 17.6. The lowest BCUT2D eigenvalue weighted by atomic mass is 10.1. The number of amides is 2. The summed E-state index contributed by atoms with van der Waals surface area (Å²) in [5.74, 6) is 0.202. The average molecular weight is 455 g/mol. The lowest BCUT2D eigenvalue weighted by molar-refractivity contribution is -0.123. The Balaban J connectivity index is 1.32. The van der Waals surface area contributed by atoms with Crippen molar-refractivity contribution >= 4 is 50.8 Å². The standard InChI is InChI=1S/C23H26N4O2S2/c1-3-4-17-12-20(28)27-23(25-17)30-13-21(29)24-16-8-6-15(7-9-16)22-26-18-10-5-14(2)11-19(18)31-22/h5-11,17,23,25H,3-4,12-13H2,1-2H3,(H,24,29)(H,27,28). The number of nitrogens with one attached hydrogen (secondary N) is 3. The second kappa shape index (κ2) is 9.80. The summed E-state index contributed by atoms with van der Waals surface area (Å²) in [6.07, 6.45) is 2.48. The van der Waals surface area contributed by atoms with Crippen molar-refractivity contribution in [1.29, 1.82) is 0 Å².